The summed E-state index contributed by atoms with van der Waals surface area (Å²) in [6.45, 7) is 9.60. The van der Waals surface area contributed by atoms with Crippen molar-refractivity contribution >= 4 is 23.2 Å². The third-order valence-electron chi connectivity index (χ3n) is 5.04. The molecule has 7 heteroatoms. The maximum absolute atomic E-state index is 12.7. The summed E-state index contributed by atoms with van der Waals surface area (Å²) >= 11 is 6.33. The Bertz CT molecular complexity index is 937. The zero-order valence-electron chi connectivity index (χ0n) is 16.3. The summed E-state index contributed by atoms with van der Waals surface area (Å²) in [6, 6.07) is 7.78. The second kappa shape index (κ2) is 8.70. The molecule has 146 valence electrons. The highest BCUT2D eigenvalue weighted by molar-refractivity contribution is 6.31. The lowest BCUT2D eigenvalue weighted by Gasteiger charge is -2.32. The molecule has 2 aromatic rings. The van der Waals surface area contributed by atoms with Crippen LogP contribution in [0.3, 0.4) is 0 Å². The largest absolute Gasteiger partial charge is 0.322 e. The molecular formula is C21H24ClN5O. The average molecular weight is 398 g/mol. The first-order valence-corrected chi connectivity index (χ1v) is 9.68. The molecule has 1 saturated heterocycles. The molecule has 0 aliphatic carbocycles. The van der Waals surface area contributed by atoms with Gasteiger partial charge in [0.25, 0.3) is 5.91 Å². The van der Waals surface area contributed by atoms with Gasteiger partial charge in [0.15, 0.2) is 0 Å². The van der Waals surface area contributed by atoms with E-state index in [4.69, 9.17) is 16.9 Å². The summed E-state index contributed by atoms with van der Waals surface area (Å²) in [5, 5.41) is 16.1. The van der Waals surface area contributed by atoms with Crippen molar-refractivity contribution in [1.82, 2.24) is 15.2 Å². The van der Waals surface area contributed by atoms with Gasteiger partial charge in [-0.05, 0) is 50.1 Å². The quantitative estimate of drug-likeness (QED) is 0.827. The predicted molar refractivity (Wildman–Crippen MR) is 111 cm³/mol. The molecule has 1 aromatic heterocycles. The van der Waals surface area contributed by atoms with Crippen molar-refractivity contribution in [1.29, 1.82) is 5.26 Å². The number of aryl methyl sites for hydroxylation is 1. The van der Waals surface area contributed by atoms with Crippen molar-refractivity contribution in [3.8, 4) is 6.07 Å². The zero-order valence-corrected chi connectivity index (χ0v) is 17.1. The molecule has 2 heterocycles. The first kappa shape index (κ1) is 20.3. The van der Waals surface area contributed by atoms with Crippen molar-refractivity contribution in [2.24, 2.45) is 0 Å². The van der Waals surface area contributed by atoms with E-state index in [1.807, 2.05) is 13.0 Å². The minimum Gasteiger partial charge on any atom is -0.322 e. The monoisotopic (exact) mass is 397 g/mol. The van der Waals surface area contributed by atoms with Crippen molar-refractivity contribution in [3.05, 3.63) is 57.4 Å². The highest BCUT2D eigenvalue weighted by atomic mass is 35.5. The smallest absolute Gasteiger partial charge is 0.257 e. The standard InChI is InChI=1S/C21H24ClN5O/c1-13-11-27(5-4-24-13)12-18-7-19(22)8-20(14(18)2)26-21(28)17-6-16(9-23)15(3)25-10-17/h6-8,10,13,24H,4-5,11-12H2,1-3H3,(H,26,28)/t13-/m0/s1. The van der Waals surface area contributed by atoms with Crippen LogP contribution in [-0.2, 0) is 6.54 Å². The number of hydrogen-bond donors (Lipinski definition) is 2. The summed E-state index contributed by atoms with van der Waals surface area (Å²) in [6.07, 6.45) is 1.48. The van der Waals surface area contributed by atoms with E-state index in [2.05, 4.69) is 33.5 Å². The minimum absolute atomic E-state index is 0.309. The third-order valence-corrected chi connectivity index (χ3v) is 5.26. The van der Waals surface area contributed by atoms with Crippen LogP contribution in [0.2, 0.25) is 5.02 Å². The second-order valence-electron chi connectivity index (χ2n) is 7.25. The van der Waals surface area contributed by atoms with Crippen LogP contribution in [0.5, 0.6) is 0 Å². The molecule has 0 saturated carbocycles. The first-order valence-electron chi connectivity index (χ1n) is 9.30. The van der Waals surface area contributed by atoms with Gasteiger partial charge < -0.3 is 10.6 Å². The van der Waals surface area contributed by atoms with Gasteiger partial charge in [0.05, 0.1) is 16.8 Å². The van der Waals surface area contributed by atoms with Crippen molar-refractivity contribution in [3.63, 3.8) is 0 Å². The average Bonchev–Trinajstić information content (AvgIpc) is 2.65. The van der Waals surface area contributed by atoms with Gasteiger partial charge in [-0.3, -0.25) is 14.7 Å². The van der Waals surface area contributed by atoms with Gasteiger partial charge in [0.1, 0.15) is 6.07 Å². The third kappa shape index (κ3) is 4.68. The van der Waals surface area contributed by atoms with E-state index >= 15 is 0 Å². The Balaban J connectivity index is 1.81. The fourth-order valence-electron chi connectivity index (χ4n) is 3.39. The fourth-order valence-corrected chi connectivity index (χ4v) is 3.63. The number of nitrogens with zero attached hydrogens (tertiary/aromatic N) is 3. The number of anilines is 1. The van der Waals surface area contributed by atoms with E-state index in [9.17, 15) is 4.79 Å². The van der Waals surface area contributed by atoms with Crippen molar-refractivity contribution in [2.45, 2.75) is 33.4 Å². The summed E-state index contributed by atoms with van der Waals surface area (Å²) in [5.74, 6) is -0.309. The Morgan fingerprint density at radius 3 is 2.93 bits per heavy atom. The van der Waals surface area contributed by atoms with E-state index < -0.39 is 0 Å². The molecule has 0 radical (unpaired) electrons. The van der Waals surface area contributed by atoms with Crippen molar-refractivity contribution < 1.29 is 4.79 Å². The molecular weight excluding hydrogens is 374 g/mol. The second-order valence-corrected chi connectivity index (χ2v) is 7.69. The highest BCUT2D eigenvalue weighted by Gasteiger charge is 2.18. The lowest BCUT2D eigenvalue weighted by atomic mass is 10.0. The van der Waals surface area contributed by atoms with Crippen LogP contribution in [0.4, 0.5) is 5.69 Å². The Hall–Kier alpha value is -2.46. The maximum atomic E-state index is 12.7. The Morgan fingerprint density at radius 1 is 1.43 bits per heavy atom. The number of hydrogen-bond acceptors (Lipinski definition) is 5. The van der Waals surface area contributed by atoms with E-state index in [1.54, 1.807) is 19.1 Å². The van der Waals surface area contributed by atoms with Crippen LogP contribution in [0.1, 0.15) is 39.7 Å². The van der Waals surface area contributed by atoms with Crippen LogP contribution in [0, 0.1) is 25.2 Å². The lowest BCUT2D eigenvalue weighted by molar-refractivity contribution is 0.102. The number of nitriles is 1. The van der Waals surface area contributed by atoms with E-state index in [0.717, 1.165) is 37.3 Å². The summed E-state index contributed by atoms with van der Waals surface area (Å²) in [4.78, 5) is 19.2. The minimum atomic E-state index is -0.309. The SMILES string of the molecule is Cc1ncc(C(=O)Nc2cc(Cl)cc(CN3CCN[C@@H](C)C3)c2C)cc1C#N. The van der Waals surface area contributed by atoms with Crippen molar-refractivity contribution in [2.75, 3.05) is 25.0 Å². The summed E-state index contributed by atoms with van der Waals surface area (Å²) in [5.41, 5.74) is 4.10. The van der Waals surface area contributed by atoms with Crippen LogP contribution < -0.4 is 10.6 Å². The zero-order chi connectivity index (χ0) is 20.3. The molecule has 3 rings (SSSR count). The van der Waals surface area contributed by atoms with Gasteiger partial charge in [-0.2, -0.15) is 5.26 Å². The predicted octanol–water partition coefficient (Wildman–Crippen LogP) is 3.27. The van der Waals surface area contributed by atoms with Crippen LogP contribution in [0.25, 0.3) is 0 Å². The fraction of sp³-hybridized carbons (Fsp3) is 0.381. The molecule has 1 aliphatic rings. The molecule has 1 amide bonds. The number of aromatic nitrogens is 1. The van der Waals surface area contributed by atoms with Crippen LogP contribution in [-0.4, -0.2) is 41.5 Å². The Kier molecular flexibility index (Phi) is 6.30. The molecule has 0 bridgehead atoms. The van der Waals surface area contributed by atoms with Gasteiger partial charge in [0.2, 0.25) is 0 Å². The first-order chi connectivity index (χ1) is 13.4. The van der Waals surface area contributed by atoms with Gasteiger partial charge >= 0.3 is 0 Å². The molecule has 1 aromatic carbocycles. The Labute approximate surface area is 170 Å². The lowest BCUT2D eigenvalue weighted by Crippen LogP contribution is -2.48. The Morgan fingerprint density at radius 2 is 2.21 bits per heavy atom. The molecule has 28 heavy (non-hydrogen) atoms. The van der Waals surface area contributed by atoms with Gasteiger partial charge in [-0.1, -0.05) is 11.6 Å². The van der Waals surface area contributed by atoms with E-state index in [-0.39, 0.29) is 5.91 Å². The topological polar surface area (TPSA) is 81.1 Å². The van der Waals surface area contributed by atoms with Gasteiger partial charge in [-0.25, -0.2) is 0 Å². The number of carbonyl (C=O) groups excluding carboxylic acids is 1. The van der Waals surface area contributed by atoms with Crippen LogP contribution >= 0.6 is 11.6 Å². The number of pyridine rings is 1. The normalized spacial score (nSPS) is 17.2. The molecule has 2 N–H and O–H groups in total. The number of carbonyl (C=O) groups is 1. The summed E-state index contributed by atoms with van der Waals surface area (Å²) in [7, 11) is 0. The molecule has 6 nitrogen and oxygen atoms in total. The maximum Gasteiger partial charge on any atom is 0.257 e. The number of piperazine rings is 1. The molecule has 1 fully saturated rings. The molecule has 0 spiro atoms. The number of halogens is 1. The number of nitrogens with one attached hydrogen (secondary N) is 2. The number of rotatable bonds is 4. The number of amides is 1. The van der Waals surface area contributed by atoms with E-state index in [1.165, 1.54) is 6.20 Å². The van der Waals surface area contributed by atoms with E-state index in [0.29, 0.717) is 33.6 Å². The number of benzene rings is 1. The van der Waals surface area contributed by atoms with Gasteiger partial charge in [0, 0.05) is 49.1 Å². The van der Waals surface area contributed by atoms with Crippen LogP contribution in [0.15, 0.2) is 24.4 Å². The highest BCUT2D eigenvalue weighted by Crippen LogP contribution is 2.27. The van der Waals surface area contributed by atoms with Gasteiger partial charge in [-0.15, -0.1) is 0 Å². The summed E-state index contributed by atoms with van der Waals surface area (Å²) < 4.78 is 0. The molecule has 1 atom stereocenters. The molecule has 1 aliphatic heterocycles. The molecule has 0 unspecified atom stereocenters.